The molecule has 0 N–H and O–H groups in total. The second-order valence-electron chi connectivity index (χ2n) is 5.58. The molecular formula is C20H19NO2S. The molecular weight excluding hydrogens is 318 g/mol. The lowest BCUT2D eigenvalue weighted by atomic mass is 10.2. The van der Waals surface area contributed by atoms with E-state index in [9.17, 15) is 4.79 Å². The number of amides is 1. The van der Waals surface area contributed by atoms with Crippen LogP contribution >= 0.6 is 11.8 Å². The van der Waals surface area contributed by atoms with E-state index >= 15 is 0 Å². The number of hydrogen-bond acceptors (Lipinski definition) is 3. The van der Waals surface area contributed by atoms with Crippen LogP contribution in [0, 0.1) is 6.92 Å². The van der Waals surface area contributed by atoms with E-state index in [1.165, 1.54) is 4.90 Å². The lowest BCUT2D eigenvalue weighted by Gasteiger charge is -2.17. The van der Waals surface area contributed by atoms with Gasteiger partial charge in [-0.05, 0) is 37.3 Å². The van der Waals surface area contributed by atoms with E-state index < -0.39 is 0 Å². The van der Waals surface area contributed by atoms with E-state index in [4.69, 9.17) is 4.42 Å². The van der Waals surface area contributed by atoms with E-state index in [1.807, 2.05) is 55.5 Å². The lowest BCUT2D eigenvalue weighted by Crippen LogP contribution is -2.26. The van der Waals surface area contributed by atoms with Crippen molar-refractivity contribution in [2.45, 2.75) is 17.6 Å². The number of anilines is 1. The van der Waals surface area contributed by atoms with Crippen LogP contribution in [0.4, 0.5) is 5.69 Å². The SMILES string of the molecule is Cc1ccc(N(C)C(=O)c2occc2CSc2ccccc2)cc1. The van der Waals surface area contributed by atoms with Gasteiger partial charge in [0.05, 0.1) is 6.26 Å². The van der Waals surface area contributed by atoms with E-state index in [2.05, 4.69) is 12.1 Å². The van der Waals surface area contributed by atoms with Gasteiger partial charge in [0.25, 0.3) is 5.91 Å². The Hall–Kier alpha value is -2.46. The van der Waals surface area contributed by atoms with Gasteiger partial charge in [-0.1, -0.05) is 35.9 Å². The zero-order valence-electron chi connectivity index (χ0n) is 13.7. The van der Waals surface area contributed by atoms with Crippen molar-refractivity contribution in [1.82, 2.24) is 0 Å². The number of carbonyl (C=O) groups is 1. The molecule has 0 saturated heterocycles. The summed E-state index contributed by atoms with van der Waals surface area (Å²) in [5.41, 5.74) is 2.93. The lowest BCUT2D eigenvalue weighted by molar-refractivity contribution is 0.0965. The summed E-state index contributed by atoms with van der Waals surface area (Å²) in [4.78, 5) is 15.5. The van der Waals surface area contributed by atoms with Crippen LogP contribution in [0.3, 0.4) is 0 Å². The molecule has 0 aliphatic heterocycles. The van der Waals surface area contributed by atoms with Gasteiger partial charge in [0.1, 0.15) is 0 Å². The summed E-state index contributed by atoms with van der Waals surface area (Å²) in [5.74, 6) is 0.970. The Morgan fingerprint density at radius 2 is 1.75 bits per heavy atom. The minimum Gasteiger partial charge on any atom is -0.459 e. The van der Waals surface area contributed by atoms with Gasteiger partial charge >= 0.3 is 0 Å². The topological polar surface area (TPSA) is 33.5 Å². The third-order valence-electron chi connectivity index (χ3n) is 3.80. The van der Waals surface area contributed by atoms with Crippen LogP contribution < -0.4 is 4.90 Å². The first-order valence-electron chi connectivity index (χ1n) is 7.74. The number of thioether (sulfide) groups is 1. The number of benzene rings is 2. The van der Waals surface area contributed by atoms with Crippen LogP contribution in [-0.4, -0.2) is 13.0 Å². The molecule has 0 unspecified atom stereocenters. The minimum atomic E-state index is -0.132. The Kier molecular flexibility index (Phi) is 5.06. The standard InChI is InChI=1S/C20H19NO2S/c1-15-8-10-17(11-9-15)21(2)20(22)19-16(12-13-23-19)14-24-18-6-4-3-5-7-18/h3-13H,14H2,1-2H3. The van der Waals surface area contributed by atoms with E-state index in [0.29, 0.717) is 11.5 Å². The van der Waals surface area contributed by atoms with Crippen molar-refractivity contribution >= 4 is 23.4 Å². The number of aryl methyl sites for hydroxylation is 1. The van der Waals surface area contributed by atoms with Crippen molar-refractivity contribution in [3.63, 3.8) is 0 Å². The van der Waals surface area contributed by atoms with Gasteiger partial charge in [0, 0.05) is 28.9 Å². The maximum absolute atomic E-state index is 12.7. The highest BCUT2D eigenvalue weighted by atomic mass is 32.2. The molecule has 1 heterocycles. The Morgan fingerprint density at radius 3 is 2.46 bits per heavy atom. The zero-order chi connectivity index (χ0) is 16.9. The summed E-state index contributed by atoms with van der Waals surface area (Å²) in [7, 11) is 1.77. The molecule has 0 aliphatic carbocycles. The second-order valence-corrected chi connectivity index (χ2v) is 6.63. The predicted octanol–water partition coefficient (Wildman–Crippen LogP) is 5.16. The molecule has 2 aromatic carbocycles. The van der Waals surface area contributed by atoms with Gasteiger partial charge in [-0.2, -0.15) is 0 Å². The molecule has 0 aliphatic rings. The molecule has 0 spiro atoms. The van der Waals surface area contributed by atoms with E-state index in [-0.39, 0.29) is 5.91 Å². The number of carbonyl (C=O) groups excluding carboxylic acids is 1. The van der Waals surface area contributed by atoms with E-state index in [0.717, 1.165) is 16.8 Å². The van der Waals surface area contributed by atoms with Crippen LogP contribution in [0.2, 0.25) is 0 Å². The number of hydrogen-bond donors (Lipinski definition) is 0. The highest BCUT2D eigenvalue weighted by Crippen LogP contribution is 2.26. The molecule has 0 radical (unpaired) electrons. The number of nitrogens with zero attached hydrogens (tertiary/aromatic N) is 1. The molecule has 3 rings (SSSR count). The van der Waals surface area contributed by atoms with Crippen LogP contribution in [0.25, 0.3) is 0 Å². The highest BCUT2D eigenvalue weighted by Gasteiger charge is 2.20. The van der Waals surface area contributed by atoms with Crippen molar-refractivity contribution in [3.05, 3.63) is 83.8 Å². The first-order valence-corrected chi connectivity index (χ1v) is 8.72. The largest absolute Gasteiger partial charge is 0.459 e. The third-order valence-corrected chi connectivity index (χ3v) is 4.87. The molecule has 0 fully saturated rings. The third kappa shape index (κ3) is 3.71. The van der Waals surface area contributed by atoms with Gasteiger partial charge in [-0.15, -0.1) is 11.8 Å². The molecule has 3 nitrogen and oxygen atoms in total. The molecule has 0 saturated carbocycles. The number of rotatable bonds is 5. The van der Waals surface area contributed by atoms with E-state index in [1.54, 1.807) is 30.0 Å². The molecule has 3 aromatic rings. The highest BCUT2D eigenvalue weighted by molar-refractivity contribution is 7.98. The molecule has 0 atom stereocenters. The van der Waals surface area contributed by atoms with Crippen LogP contribution in [-0.2, 0) is 5.75 Å². The normalized spacial score (nSPS) is 10.6. The average Bonchev–Trinajstić information content (AvgIpc) is 3.09. The average molecular weight is 337 g/mol. The maximum atomic E-state index is 12.7. The fraction of sp³-hybridized carbons (Fsp3) is 0.150. The smallest absolute Gasteiger partial charge is 0.294 e. The molecule has 24 heavy (non-hydrogen) atoms. The Morgan fingerprint density at radius 1 is 1.04 bits per heavy atom. The van der Waals surface area contributed by atoms with Gasteiger partial charge in [0.15, 0.2) is 5.76 Å². The maximum Gasteiger partial charge on any atom is 0.294 e. The summed E-state index contributed by atoms with van der Waals surface area (Å²) < 4.78 is 5.48. The van der Waals surface area contributed by atoms with Crippen molar-refractivity contribution in [2.24, 2.45) is 0 Å². The van der Waals surface area contributed by atoms with Gasteiger partial charge in [0.2, 0.25) is 0 Å². The summed E-state index contributed by atoms with van der Waals surface area (Å²) in [6.07, 6.45) is 1.58. The van der Waals surface area contributed by atoms with Crippen molar-refractivity contribution in [3.8, 4) is 0 Å². The summed E-state index contributed by atoms with van der Waals surface area (Å²) in [6.45, 7) is 2.02. The Balaban J connectivity index is 1.74. The first-order chi connectivity index (χ1) is 11.6. The van der Waals surface area contributed by atoms with Gasteiger partial charge < -0.3 is 9.32 Å². The number of furan rings is 1. The molecule has 1 amide bonds. The molecule has 4 heteroatoms. The zero-order valence-corrected chi connectivity index (χ0v) is 14.5. The van der Waals surface area contributed by atoms with Crippen molar-refractivity contribution in [1.29, 1.82) is 0 Å². The van der Waals surface area contributed by atoms with Gasteiger partial charge in [-0.3, -0.25) is 4.79 Å². The van der Waals surface area contributed by atoms with Gasteiger partial charge in [-0.25, -0.2) is 0 Å². The molecule has 1 aromatic heterocycles. The monoisotopic (exact) mass is 337 g/mol. The van der Waals surface area contributed by atoms with Crippen LogP contribution in [0.5, 0.6) is 0 Å². The fourth-order valence-electron chi connectivity index (χ4n) is 2.35. The fourth-order valence-corrected chi connectivity index (χ4v) is 3.25. The van der Waals surface area contributed by atoms with Crippen LogP contribution in [0.1, 0.15) is 21.7 Å². The quantitative estimate of drug-likeness (QED) is 0.603. The molecule has 122 valence electrons. The Labute approximate surface area is 146 Å². The van der Waals surface area contributed by atoms with Crippen LogP contribution in [0.15, 0.2) is 76.2 Å². The van der Waals surface area contributed by atoms with Crippen molar-refractivity contribution < 1.29 is 9.21 Å². The minimum absolute atomic E-state index is 0.132. The summed E-state index contributed by atoms with van der Waals surface area (Å²) in [6, 6.07) is 19.9. The summed E-state index contributed by atoms with van der Waals surface area (Å²) >= 11 is 1.69. The second kappa shape index (κ2) is 7.41. The Bertz CT molecular complexity index is 809. The summed E-state index contributed by atoms with van der Waals surface area (Å²) in [5, 5.41) is 0. The van der Waals surface area contributed by atoms with Crippen molar-refractivity contribution in [2.75, 3.05) is 11.9 Å². The predicted molar refractivity (Wildman–Crippen MR) is 98.6 cm³/mol. The molecule has 0 bridgehead atoms. The first kappa shape index (κ1) is 16.4.